The molecule has 18 heavy (non-hydrogen) atoms. The highest BCUT2D eigenvalue weighted by atomic mass is 79.9. The maximum atomic E-state index is 11.7. The van der Waals surface area contributed by atoms with E-state index in [1.807, 2.05) is 6.92 Å². The van der Waals surface area contributed by atoms with Crippen molar-refractivity contribution in [1.29, 1.82) is 0 Å². The number of unbranched alkanes of at least 4 members (excludes halogenated alkanes) is 1. The normalized spacial score (nSPS) is 11.2. The van der Waals surface area contributed by atoms with Crippen molar-refractivity contribution >= 4 is 37.6 Å². The predicted molar refractivity (Wildman–Crippen MR) is 73.4 cm³/mol. The van der Waals surface area contributed by atoms with Crippen LogP contribution in [-0.4, -0.2) is 25.2 Å². The van der Waals surface area contributed by atoms with Gasteiger partial charge in [0.25, 0.3) is 0 Å². The zero-order valence-corrected chi connectivity index (χ0v) is 12.2. The third-order valence-corrected chi connectivity index (χ3v) is 4.09. The van der Waals surface area contributed by atoms with Gasteiger partial charge < -0.3 is 5.11 Å². The van der Waals surface area contributed by atoms with Gasteiger partial charge in [0, 0.05) is 4.47 Å². The van der Waals surface area contributed by atoms with Gasteiger partial charge in [-0.3, -0.25) is 4.72 Å². The number of carboxylic acids is 1. The number of hydrogen-bond acceptors (Lipinski definition) is 3. The molecule has 100 valence electrons. The van der Waals surface area contributed by atoms with Gasteiger partial charge in [0.05, 0.1) is 17.0 Å². The lowest BCUT2D eigenvalue weighted by molar-refractivity contribution is 0.0698. The highest BCUT2D eigenvalue weighted by Gasteiger charge is 2.16. The van der Waals surface area contributed by atoms with Crippen LogP contribution in [0.1, 0.15) is 30.1 Å². The summed E-state index contributed by atoms with van der Waals surface area (Å²) >= 11 is 3.15. The van der Waals surface area contributed by atoms with Crippen molar-refractivity contribution in [2.24, 2.45) is 0 Å². The standard InChI is InChI=1S/C11H14BrNO4S/c1-2-3-6-18(16,17)13-10-5-4-8(12)7-9(10)11(14)15/h4-5,7,13H,2-3,6H2,1H3,(H,14,15). The summed E-state index contributed by atoms with van der Waals surface area (Å²) in [7, 11) is -3.49. The molecule has 5 nitrogen and oxygen atoms in total. The van der Waals surface area contributed by atoms with Crippen molar-refractivity contribution < 1.29 is 18.3 Å². The van der Waals surface area contributed by atoms with Crippen LogP contribution < -0.4 is 4.72 Å². The number of nitrogens with one attached hydrogen (secondary N) is 1. The SMILES string of the molecule is CCCCS(=O)(=O)Nc1ccc(Br)cc1C(=O)O. The average Bonchev–Trinajstić information content (AvgIpc) is 2.28. The second-order valence-electron chi connectivity index (χ2n) is 3.77. The summed E-state index contributed by atoms with van der Waals surface area (Å²) < 4.78 is 26.3. The molecule has 0 aliphatic carbocycles. The number of carbonyl (C=O) groups is 1. The average molecular weight is 336 g/mol. The van der Waals surface area contributed by atoms with E-state index in [1.54, 1.807) is 6.07 Å². The fourth-order valence-electron chi connectivity index (χ4n) is 1.34. The minimum Gasteiger partial charge on any atom is -0.478 e. The lowest BCUT2D eigenvalue weighted by Crippen LogP contribution is -2.18. The molecule has 0 atom stereocenters. The minimum atomic E-state index is -3.49. The summed E-state index contributed by atoms with van der Waals surface area (Å²) in [4.78, 5) is 11.0. The van der Waals surface area contributed by atoms with Crippen LogP contribution in [-0.2, 0) is 10.0 Å². The van der Waals surface area contributed by atoms with Crippen LogP contribution in [0, 0.1) is 0 Å². The van der Waals surface area contributed by atoms with Crippen LogP contribution >= 0.6 is 15.9 Å². The molecule has 0 aliphatic heterocycles. The number of benzene rings is 1. The van der Waals surface area contributed by atoms with Crippen LogP contribution in [0.15, 0.2) is 22.7 Å². The largest absolute Gasteiger partial charge is 0.478 e. The fourth-order valence-corrected chi connectivity index (χ4v) is 2.98. The van der Waals surface area contributed by atoms with Gasteiger partial charge in [-0.15, -0.1) is 0 Å². The third kappa shape index (κ3) is 4.30. The Balaban J connectivity index is 3.01. The number of rotatable bonds is 6. The zero-order valence-electron chi connectivity index (χ0n) is 9.81. The van der Waals surface area contributed by atoms with Crippen LogP contribution in [0.3, 0.4) is 0 Å². The summed E-state index contributed by atoms with van der Waals surface area (Å²) in [6, 6.07) is 4.38. The second kappa shape index (κ2) is 6.19. The summed E-state index contributed by atoms with van der Waals surface area (Å²) in [6.45, 7) is 1.89. The highest BCUT2D eigenvalue weighted by molar-refractivity contribution is 9.10. The molecule has 2 N–H and O–H groups in total. The minimum absolute atomic E-state index is 0.0153. The molecule has 1 rings (SSSR count). The van der Waals surface area contributed by atoms with Gasteiger partial charge >= 0.3 is 5.97 Å². The van der Waals surface area contributed by atoms with Gasteiger partial charge in [-0.2, -0.15) is 0 Å². The number of sulfonamides is 1. The molecule has 1 aromatic carbocycles. The van der Waals surface area contributed by atoms with Gasteiger partial charge in [0.15, 0.2) is 0 Å². The zero-order chi connectivity index (χ0) is 13.8. The van der Waals surface area contributed by atoms with Crippen LogP contribution in [0.4, 0.5) is 5.69 Å². The van der Waals surface area contributed by atoms with Gasteiger partial charge in [0.2, 0.25) is 10.0 Å². The van der Waals surface area contributed by atoms with E-state index < -0.39 is 16.0 Å². The second-order valence-corrected chi connectivity index (χ2v) is 6.53. The van der Waals surface area contributed by atoms with E-state index in [1.165, 1.54) is 12.1 Å². The summed E-state index contributed by atoms with van der Waals surface area (Å²) in [5.74, 6) is -1.19. The molecule has 1 aromatic rings. The fraction of sp³-hybridized carbons (Fsp3) is 0.364. The van der Waals surface area contributed by atoms with Crippen LogP contribution in [0.5, 0.6) is 0 Å². The molecule has 7 heteroatoms. The molecule has 0 aromatic heterocycles. The molecule has 0 saturated carbocycles. The lowest BCUT2D eigenvalue weighted by atomic mass is 10.2. The first-order valence-electron chi connectivity index (χ1n) is 5.39. The molecule has 0 bridgehead atoms. The number of hydrogen-bond donors (Lipinski definition) is 2. The number of carboxylic acid groups (broad SMARTS) is 1. The van der Waals surface area contributed by atoms with Crippen molar-refractivity contribution in [3.05, 3.63) is 28.2 Å². The van der Waals surface area contributed by atoms with Crippen molar-refractivity contribution in [2.75, 3.05) is 10.5 Å². The molecule has 0 spiro atoms. The molecule has 0 unspecified atom stereocenters. The Bertz CT molecular complexity index is 542. The van der Waals surface area contributed by atoms with Crippen LogP contribution in [0.2, 0.25) is 0 Å². The molecule has 0 saturated heterocycles. The van der Waals surface area contributed by atoms with E-state index in [-0.39, 0.29) is 17.0 Å². The van der Waals surface area contributed by atoms with E-state index in [4.69, 9.17) is 5.11 Å². The predicted octanol–water partition coefficient (Wildman–Crippen LogP) is 2.69. The number of aromatic carboxylic acids is 1. The molecule has 0 heterocycles. The van der Waals surface area contributed by atoms with Crippen molar-refractivity contribution in [2.45, 2.75) is 19.8 Å². The van der Waals surface area contributed by atoms with E-state index in [9.17, 15) is 13.2 Å². The van der Waals surface area contributed by atoms with Crippen molar-refractivity contribution in [3.63, 3.8) is 0 Å². The van der Waals surface area contributed by atoms with Gasteiger partial charge in [-0.25, -0.2) is 13.2 Å². The van der Waals surface area contributed by atoms with Gasteiger partial charge in [-0.05, 0) is 24.6 Å². The summed E-state index contributed by atoms with van der Waals surface area (Å²) in [6.07, 6.45) is 1.29. The Labute approximate surface area is 114 Å². The molecule has 0 fully saturated rings. The number of anilines is 1. The molecular formula is C11H14BrNO4S. The van der Waals surface area contributed by atoms with E-state index in [0.717, 1.165) is 6.42 Å². The van der Waals surface area contributed by atoms with Gasteiger partial charge in [0.1, 0.15) is 0 Å². The Morgan fingerprint density at radius 1 is 1.44 bits per heavy atom. The molecule has 0 amide bonds. The highest BCUT2D eigenvalue weighted by Crippen LogP contribution is 2.22. The Hall–Kier alpha value is -1.08. The van der Waals surface area contributed by atoms with Crippen molar-refractivity contribution in [1.82, 2.24) is 0 Å². The first kappa shape index (κ1) is 15.0. The van der Waals surface area contributed by atoms with Gasteiger partial charge in [-0.1, -0.05) is 29.3 Å². The summed E-state index contributed by atoms with van der Waals surface area (Å²) in [5.41, 5.74) is 0.00579. The summed E-state index contributed by atoms with van der Waals surface area (Å²) in [5, 5.41) is 9.01. The Morgan fingerprint density at radius 3 is 2.67 bits per heavy atom. The van der Waals surface area contributed by atoms with E-state index in [0.29, 0.717) is 10.9 Å². The van der Waals surface area contributed by atoms with Crippen molar-refractivity contribution in [3.8, 4) is 0 Å². The van der Waals surface area contributed by atoms with E-state index >= 15 is 0 Å². The monoisotopic (exact) mass is 335 g/mol. The maximum absolute atomic E-state index is 11.7. The molecule has 0 aliphatic rings. The van der Waals surface area contributed by atoms with Crippen LogP contribution in [0.25, 0.3) is 0 Å². The molecule has 0 radical (unpaired) electrons. The third-order valence-electron chi connectivity index (χ3n) is 2.24. The molecular weight excluding hydrogens is 322 g/mol. The Morgan fingerprint density at radius 2 is 2.11 bits per heavy atom. The first-order valence-corrected chi connectivity index (χ1v) is 7.83. The smallest absolute Gasteiger partial charge is 0.337 e. The lowest BCUT2D eigenvalue weighted by Gasteiger charge is -2.10. The maximum Gasteiger partial charge on any atom is 0.337 e. The quantitative estimate of drug-likeness (QED) is 0.837. The topological polar surface area (TPSA) is 83.5 Å². The number of halogens is 1. The van der Waals surface area contributed by atoms with E-state index in [2.05, 4.69) is 20.7 Å². The Kier molecular flexibility index (Phi) is 5.15. The first-order chi connectivity index (χ1) is 8.35.